The van der Waals surface area contributed by atoms with Crippen LogP contribution in [0.3, 0.4) is 0 Å². The van der Waals surface area contributed by atoms with Gasteiger partial charge in [-0.2, -0.15) is 0 Å². The minimum atomic E-state index is -0.0950. The molecule has 0 atom stereocenters. The highest BCUT2D eigenvalue weighted by atomic mass is 16.5. The van der Waals surface area contributed by atoms with Crippen molar-refractivity contribution in [2.75, 3.05) is 0 Å². The van der Waals surface area contributed by atoms with Gasteiger partial charge in [-0.1, -0.05) is 80.1 Å². The number of carbonyl (C=O) groups excluding carboxylic acids is 1. The van der Waals surface area contributed by atoms with E-state index in [2.05, 4.69) is 34.6 Å². The van der Waals surface area contributed by atoms with Gasteiger partial charge >= 0.3 is 5.97 Å². The van der Waals surface area contributed by atoms with Crippen LogP contribution in [-0.2, 0) is 9.53 Å². The lowest BCUT2D eigenvalue weighted by Crippen LogP contribution is -2.28. The number of hydrogen-bond donors (Lipinski definition) is 0. The van der Waals surface area contributed by atoms with Gasteiger partial charge in [0.15, 0.2) is 0 Å². The van der Waals surface area contributed by atoms with E-state index in [0.29, 0.717) is 18.3 Å². The van der Waals surface area contributed by atoms with Crippen LogP contribution in [-0.4, -0.2) is 12.1 Å². The zero-order valence-electron chi connectivity index (χ0n) is 14.6. The summed E-state index contributed by atoms with van der Waals surface area (Å²) in [5, 5.41) is 0. The molecule has 0 heterocycles. The van der Waals surface area contributed by atoms with E-state index in [9.17, 15) is 4.79 Å². The molecule has 0 aromatic heterocycles. The van der Waals surface area contributed by atoms with Gasteiger partial charge < -0.3 is 4.74 Å². The van der Waals surface area contributed by atoms with Crippen LogP contribution in [0, 0.1) is 17.8 Å². The average molecular weight is 284 g/mol. The quantitative estimate of drug-likeness (QED) is 0.614. The molecule has 1 saturated carbocycles. The van der Waals surface area contributed by atoms with Crippen molar-refractivity contribution < 1.29 is 9.53 Å². The van der Waals surface area contributed by atoms with Gasteiger partial charge in [0.2, 0.25) is 0 Å². The lowest BCUT2D eigenvalue weighted by molar-refractivity contribution is -0.153. The largest absolute Gasteiger partial charge is 0.462 e. The van der Waals surface area contributed by atoms with E-state index in [0.717, 1.165) is 5.92 Å². The molecule has 0 aliphatic heterocycles. The van der Waals surface area contributed by atoms with Crippen LogP contribution in [0.15, 0.2) is 0 Å². The standard InChI is InChI=1S/C10H20O2.C8H16/c1-6-9(11)12-10(7(2)3)8(4)5;1-2-8-6-4-3-5-7-8/h7-8,10H,6H2,1-5H3;8H,2-7H2,1H3. The molecular formula is C18H36O2. The summed E-state index contributed by atoms with van der Waals surface area (Å²) in [6, 6.07) is 0. The van der Waals surface area contributed by atoms with Gasteiger partial charge in [-0.3, -0.25) is 4.79 Å². The summed E-state index contributed by atoms with van der Waals surface area (Å²) in [6.07, 6.45) is 9.47. The Bertz CT molecular complexity index is 232. The highest BCUT2D eigenvalue weighted by Crippen LogP contribution is 2.25. The van der Waals surface area contributed by atoms with E-state index in [1.165, 1.54) is 38.5 Å². The zero-order chi connectivity index (χ0) is 15.5. The third-order valence-corrected chi connectivity index (χ3v) is 4.17. The predicted molar refractivity (Wildman–Crippen MR) is 86.7 cm³/mol. The first-order valence-corrected chi connectivity index (χ1v) is 8.61. The lowest BCUT2D eigenvalue weighted by atomic mass is 9.88. The predicted octanol–water partition coefficient (Wildman–Crippen LogP) is 5.60. The molecule has 0 spiro atoms. The normalized spacial score (nSPS) is 16.2. The Morgan fingerprint density at radius 3 is 1.80 bits per heavy atom. The molecule has 0 N–H and O–H groups in total. The number of hydrogen-bond acceptors (Lipinski definition) is 2. The summed E-state index contributed by atoms with van der Waals surface area (Å²) in [4.78, 5) is 11.0. The van der Waals surface area contributed by atoms with E-state index in [4.69, 9.17) is 4.74 Å². The highest BCUT2D eigenvalue weighted by molar-refractivity contribution is 5.69. The third-order valence-electron chi connectivity index (χ3n) is 4.17. The molecule has 0 bridgehead atoms. The van der Waals surface area contributed by atoms with Gasteiger partial charge in [0.05, 0.1) is 0 Å². The van der Waals surface area contributed by atoms with E-state index in [1.807, 2.05) is 6.92 Å². The molecule has 120 valence electrons. The van der Waals surface area contributed by atoms with Crippen molar-refractivity contribution >= 4 is 5.97 Å². The Hall–Kier alpha value is -0.530. The molecule has 0 aromatic carbocycles. The molecule has 1 rings (SSSR count). The topological polar surface area (TPSA) is 26.3 Å². The molecule has 0 amide bonds. The smallest absolute Gasteiger partial charge is 0.305 e. The van der Waals surface area contributed by atoms with E-state index < -0.39 is 0 Å². The van der Waals surface area contributed by atoms with Crippen molar-refractivity contribution in [1.82, 2.24) is 0 Å². The van der Waals surface area contributed by atoms with E-state index in [1.54, 1.807) is 0 Å². The van der Waals surface area contributed by atoms with Crippen molar-refractivity contribution in [2.45, 2.75) is 92.6 Å². The summed E-state index contributed by atoms with van der Waals surface area (Å²) >= 11 is 0. The zero-order valence-corrected chi connectivity index (χ0v) is 14.6. The number of esters is 1. The van der Waals surface area contributed by atoms with Crippen LogP contribution in [0.2, 0.25) is 0 Å². The fraction of sp³-hybridized carbons (Fsp3) is 0.944. The molecule has 0 radical (unpaired) electrons. The summed E-state index contributed by atoms with van der Waals surface area (Å²) in [5.74, 6) is 1.80. The van der Waals surface area contributed by atoms with Crippen LogP contribution in [0.1, 0.15) is 86.5 Å². The minimum Gasteiger partial charge on any atom is -0.462 e. The van der Waals surface area contributed by atoms with Crippen molar-refractivity contribution in [3.05, 3.63) is 0 Å². The Morgan fingerprint density at radius 2 is 1.50 bits per heavy atom. The monoisotopic (exact) mass is 284 g/mol. The first-order valence-electron chi connectivity index (χ1n) is 8.61. The summed E-state index contributed by atoms with van der Waals surface area (Å²) in [7, 11) is 0. The van der Waals surface area contributed by atoms with Gasteiger partial charge in [-0.05, 0) is 17.8 Å². The lowest BCUT2D eigenvalue weighted by Gasteiger charge is -2.24. The van der Waals surface area contributed by atoms with Crippen molar-refractivity contribution in [1.29, 1.82) is 0 Å². The van der Waals surface area contributed by atoms with Crippen LogP contribution in [0.5, 0.6) is 0 Å². The van der Waals surface area contributed by atoms with E-state index >= 15 is 0 Å². The van der Waals surface area contributed by atoms with Gasteiger partial charge in [-0.25, -0.2) is 0 Å². The summed E-state index contributed by atoms with van der Waals surface area (Å²) in [5.41, 5.74) is 0. The van der Waals surface area contributed by atoms with Crippen LogP contribution >= 0.6 is 0 Å². The second-order valence-electron chi connectivity index (χ2n) is 6.71. The SMILES string of the molecule is CCC(=O)OC(C(C)C)C(C)C.CCC1CCCCC1. The Kier molecular flexibility index (Phi) is 10.9. The maximum atomic E-state index is 11.0. The maximum absolute atomic E-state index is 11.0. The fourth-order valence-electron chi connectivity index (χ4n) is 2.87. The van der Waals surface area contributed by atoms with Crippen LogP contribution in [0.4, 0.5) is 0 Å². The molecule has 2 nitrogen and oxygen atoms in total. The Balaban J connectivity index is 0.000000388. The fourth-order valence-corrected chi connectivity index (χ4v) is 2.87. The molecule has 0 unspecified atom stereocenters. The minimum absolute atomic E-state index is 0.0671. The first kappa shape index (κ1) is 19.5. The number of carbonyl (C=O) groups is 1. The van der Waals surface area contributed by atoms with Gasteiger partial charge in [-0.15, -0.1) is 0 Å². The average Bonchev–Trinajstić information content (AvgIpc) is 2.45. The Morgan fingerprint density at radius 1 is 1.00 bits per heavy atom. The van der Waals surface area contributed by atoms with Crippen molar-refractivity contribution in [3.8, 4) is 0 Å². The van der Waals surface area contributed by atoms with Gasteiger partial charge in [0.25, 0.3) is 0 Å². The first-order chi connectivity index (χ1) is 9.42. The third kappa shape index (κ3) is 8.60. The molecule has 0 saturated heterocycles. The number of ether oxygens (including phenoxy) is 1. The molecule has 0 aromatic rings. The molecule has 1 fully saturated rings. The second-order valence-corrected chi connectivity index (χ2v) is 6.71. The molecule has 1 aliphatic carbocycles. The molecular weight excluding hydrogens is 248 g/mol. The highest BCUT2D eigenvalue weighted by Gasteiger charge is 2.20. The Labute approximate surface area is 126 Å². The summed E-state index contributed by atoms with van der Waals surface area (Å²) < 4.78 is 5.28. The molecule has 20 heavy (non-hydrogen) atoms. The summed E-state index contributed by atoms with van der Waals surface area (Å²) in [6.45, 7) is 12.4. The number of rotatable bonds is 5. The van der Waals surface area contributed by atoms with Crippen molar-refractivity contribution in [3.63, 3.8) is 0 Å². The molecule has 2 heteroatoms. The molecule has 1 aliphatic rings. The van der Waals surface area contributed by atoms with E-state index in [-0.39, 0.29) is 12.1 Å². The van der Waals surface area contributed by atoms with Crippen molar-refractivity contribution in [2.24, 2.45) is 17.8 Å². The van der Waals surface area contributed by atoms with Crippen LogP contribution < -0.4 is 0 Å². The van der Waals surface area contributed by atoms with Gasteiger partial charge in [0, 0.05) is 6.42 Å². The second kappa shape index (κ2) is 11.2. The van der Waals surface area contributed by atoms with Crippen LogP contribution in [0.25, 0.3) is 0 Å². The maximum Gasteiger partial charge on any atom is 0.305 e. The van der Waals surface area contributed by atoms with Gasteiger partial charge in [0.1, 0.15) is 6.10 Å².